The SMILES string of the molecule is CN(C)c1ccc(Cl)cc1NC(=O)Cc1ccsc1. The van der Waals surface area contributed by atoms with Gasteiger partial charge in [0.2, 0.25) is 5.91 Å². The number of amides is 1. The molecule has 0 aliphatic rings. The third-order valence-electron chi connectivity index (χ3n) is 2.66. The minimum absolute atomic E-state index is 0.0382. The van der Waals surface area contributed by atoms with Crippen LogP contribution in [0.15, 0.2) is 35.0 Å². The van der Waals surface area contributed by atoms with Crippen LogP contribution in [0.25, 0.3) is 0 Å². The van der Waals surface area contributed by atoms with Crippen LogP contribution in [0.4, 0.5) is 11.4 Å². The number of rotatable bonds is 4. The molecule has 5 heteroatoms. The predicted molar refractivity (Wildman–Crippen MR) is 82.4 cm³/mol. The molecule has 100 valence electrons. The van der Waals surface area contributed by atoms with Gasteiger partial charge in [0.1, 0.15) is 0 Å². The topological polar surface area (TPSA) is 32.3 Å². The van der Waals surface area contributed by atoms with Gasteiger partial charge in [-0.3, -0.25) is 4.79 Å². The summed E-state index contributed by atoms with van der Waals surface area (Å²) in [6.07, 6.45) is 0.378. The smallest absolute Gasteiger partial charge is 0.228 e. The van der Waals surface area contributed by atoms with Gasteiger partial charge in [0.05, 0.1) is 17.8 Å². The summed E-state index contributed by atoms with van der Waals surface area (Å²) in [6.45, 7) is 0. The van der Waals surface area contributed by atoms with Gasteiger partial charge < -0.3 is 10.2 Å². The van der Waals surface area contributed by atoms with Gasteiger partial charge in [-0.1, -0.05) is 11.6 Å². The number of benzene rings is 1. The van der Waals surface area contributed by atoms with Crippen LogP contribution >= 0.6 is 22.9 Å². The van der Waals surface area contributed by atoms with Crippen LogP contribution in [-0.4, -0.2) is 20.0 Å². The molecule has 2 rings (SSSR count). The molecule has 1 aromatic heterocycles. The number of thiophene rings is 1. The average molecular weight is 295 g/mol. The number of hydrogen-bond acceptors (Lipinski definition) is 3. The molecule has 0 spiro atoms. The molecule has 3 nitrogen and oxygen atoms in total. The summed E-state index contributed by atoms with van der Waals surface area (Å²) in [5, 5.41) is 7.46. The molecule has 0 radical (unpaired) electrons. The van der Waals surface area contributed by atoms with Crippen molar-refractivity contribution in [2.45, 2.75) is 6.42 Å². The van der Waals surface area contributed by atoms with E-state index in [4.69, 9.17) is 11.6 Å². The average Bonchev–Trinajstić information content (AvgIpc) is 2.81. The Labute approximate surface area is 121 Å². The largest absolute Gasteiger partial charge is 0.376 e. The maximum atomic E-state index is 12.0. The third-order valence-corrected chi connectivity index (χ3v) is 3.63. The normalized spacial score (nSPS) is 10.3. The predicted octanol–water partition coefficient (Wildman–Crippen LogP) is 3.65. The highest BCUT2D eigenvalue weighted by molar-refractivity contribution is 7.08. The van der Waals surface area contributed by atoms with E-state index in [0.717, 1.165) is 16.9 Å². The van der Waals surface area contributed by atoms with Crippen LogP contribution < -0.4 is 10.2 Å². The highest BCUT2D eigenvalue weighted by atomic mass is 35.5. The fraction of sp³-hybridized carbons (Fsp3) is 0.214. The Morgan fingerprint density at radius 2 is 2.16 bits per heavy atom. The van der Waals surface area contributed by atoms with Crippen molar-refractivity contribution in [3.05, 3.63) is 45.6 Å². The van der Waals surface area contributed by atoms with Crippen LogP contribution in [0.3, 0.4) is 0 Å². The van der Waals surface area contributed by atoms with E-state index in [1.165, 1.54) is 0 Å². The number of carbonyl (C=O) groups is 1. The molecule has 0 atom stereocenters. The van der Waals surface area contributed by atoms with Crippen molar-refractivity contribution in [3.8, 4) is 0 Å². The number of carbonyl (C=O) groups excluding carboxylic acids is 1. The van der Waals surface area contributed by atoms with Crippen molar-refractivity contribution in [2.75, 3.05) is 24.3 Å². The molecule has 0 saturated carbocycles. The highest BCUT2D eigenvalue weighted by Crippen LogP contribution is 2.27. The first-order valence-electron chi connectivity index (χ1n) is 5.84. The van der Waals surface area contributed by atoms with Crippen molar-refractivity contribution in [1.82, 2.24) is 0 Å². The standard InChI is InChI=1S/C14H15ClN2OS/c1-17(2)13-4-3-11(15)8-12(13)16-14(18)7-10-5-6-19-9-10/h3-6,8-9H,7H2,1-2H3,(H,16,18). The molecule has 0 saturated heterocycles. The lowest BCUT2D eigenvalue weighted by molar-refractivity contribution is -0.115. The molecule has 19 heavy (non-hydrogen) atoms. The quantitative estimate of drug-likeness (QED) is 0.933. The van der Waals surface area contributed by atoms with E-state index in [0.29, 0.717) is 11.4 Å². The lowest BCUT2D eigenvalue weighted by atomic mass is 10.2. The summed E-state index contributed by atoms with van der Waals surface area (Å²) in [5.41, 5.74) is 2.69. The van der Waals surface area contributed by atoms with Gasteiger partial charge >= 0.3 is 0 Å². The summed E-state index contributed by atoms with van der Waals surface area (Å²) >= 11 is 7.57. The van der Waals surface area contributed by atoms with Gasteiger partial charge in [0, 0.05) is 19.1 Å². The summed E-state index contributed by atoms with van der Waals surface area (Å²) in [4.78, 5) is 13.9. The van der Waals surface area contributed by atoms with E-state index in [9.17, 15) is 4.79 Å². The zero-order valence-corrected chi connectivity index (χ0v) is 12.4. The molecular weight excluding hydrogens is 280 g/mol. The van der Waals surface area contributed by atoms with E-state index in [1.54, 1.807) is 17.4 Å². The summed E-state index contributed by atoms with van der Waals surface area (Å²) in [7, 11) is 3.86. The molecule has 0 bridgehead atoms. The van der Waals surface area contributed by atoms with Crippen molar-refractivity contribution < 1.29 is 4.79 Å². The zero-order chi connectivity index (χ0) is 13.8. The van der Waals surface area contributed by atoms with Crippen LogP contribution in [0.1, 0.15) is 5.56 Å². The molecule has 1 amide bonds. The summed E-state index contributed by atoms with van der Waals surface area (Å²) < 4.78 is 0. The number of halogens is 1. The molecule has 1 aromatic carbocycles. The maximum Gasteiger partial charge on any atom is 0.228 e. The van der Waals surface area contributed by atoms with Crippen molar-refractivity contribution in [1.29, 1.82) is 0 Å². The van der Waals surface area contributed by atoms with E-state index in [1.807, 2.05) is 48.0 Å². The third kappa shape index (κ3) is 3.72. The van der Waals surface area contributed by atoms with Crippen LogP contribution in [0, 0.1) is 0 Å². The van der Waals surface area contributed by atoms with Gasteiger partial charge in [0.25, 0.3) is 0 Å². The summed E-state index contributed by atoms with van der Waals surface area (Å²) in [6, 6.07) is 7.42. The maximum absolute atomic E-state index is 12.0. The van der Waals surface area contributed by atoms with Gasteiger partial charge in [-0.2, -0.15) is 11.3 Å². The number of nitrogens with zero attached hydrogens (tertiary/aromatic N) is 1. The minimum atomic E-state index is -0.0382. The van der Waals surface area contributed by atoms with Crippen LogP contribution in [0.2, 0.25) is 5.02 Å². The van der Waals surface area contributed by atoms with Crippen molar-refractivity contribution in [3.63, 3.8) is 0 Å². The molecule has 0 fully saturated rings. The Kier molecular flexibility index (Phi) is 4.45. The van der Waals surface area contributed by atoms with E-state index in [2.05, 4.69) is 5.32 Å². The Balaban J connectivity index is 2.13. The fourth-order valence-electron chi connectivity index (χ4n) is 1.77. The van der Waals surface area contributed by atoms with Crippen molar-refractivity contribution >= 4 is 40.2 Å². The fourth-order valence-corrected chi connectivity index (χ4v) is 2.61. The molecule has 1 N–H and O–H groups in total. The van der Waals surface area contributed by atoms with Gasteiger partial charge in [-0.05, 0) is 40.6 Å². The second-order valence-electron chi connectivity index (χ2n) is 4.41. The lowest BCUT2D eigenvalue weighted by Gasteiger charge is -2.18. The lowest BCUT2D eigenvalue weighted by Crippen LogP contribution is -2.18. The first kappa shape index (κ1) is 13.9. The number of hydrogen-bond donors (Lipinski definition) is 1. The summed E-state index contributed by atoms with van der Waals surface area (Å²) in [5.74, 6) is -0.0382. The van der Waals surface area contributed by atoms with Crippen molar-refractivity contribution in [2.24, 2.45) is 0 Å². The first-order chi connectivity index (χ1) is 9.06. The van der Waals surface area contributed by atoms with E-state index >= 15 is 0 Å². The van der Waals surface area contributed by atoms with Gasteiger partial charge in [0.15, 0.2) is 0 Å². The molecule has 2 aromatic rings. The molecule has 0 aliphatic heterocycles. The highest BCUT2D eigenvalue weighted by Gasteiger charge is 2.10. The van der Waals surface area contributed by atoms with E-state index in [-0.39, 0.29) is 5.91 Å². The van der Waals surface area contributed by atoms with Crippen LogP contribution in [-0.2, 0) is 11.2 Å². The Morgan fingerprint density at radius 1 is 1.37 bits per heavy atom. The second-order valence-corrected chi connectivity index (χ2v) is 5.63. The molecular formula is C14H15ClN2OS. The molecule has 1 heterocycles. The Morgan fingerprint density at radius 3 is 2.79 bits per heavy atom. The Hall–Kier alpha value is -1.52. The van der Waals surface area contributed by atoms with Crippen LogP contribution in [0.5, 0.6) is 0 Å². The second kappa shape index (κ2) is 6.08. The minimum Gasteiger partial charge on any atom is -0.376 e. The Bertz CT molecular complexity index is 567. The number of nitrogens with one attached hydrogen (secondary N) is 1. The monoisotopic (exact) mass is 294 g/mol. The van der Waals surface area contributed by atoms with E-state index < -0.39 is 0 Å². The zero-order valence-electron chi connectivity index (χ0n) is 10.8. The molecule has 0 unspecified atom stereocenters. The van der Waals surface area contributed by atoms with Gasteiger partial charge in [-0.15, -0.1) is 0 Å². The molecule has 0 aliphatic carbocycles. The number of anilines is 2. The van der Waals surface area contributed by atoms with Gasteiger partial charge in [-0.25, -0.2) is 0 Å². The first-order valence-corrected chi connectivity index (χ1v) is 7.16.